The maximum Gasteiger partial charge on any atom is 0.190 e. The SMILES string of the molecule is CC(C)OCCOc1c(F)cc(CO)cc1F. The van der Waals surface area contributed by atoms with Gasteiger partial charge in [0.1, 0.15) is 6.61 Å². The van der Waals surface area contributed by atoms with Crippen molar-refractivity contribution in [1.82, 2.24) is 0 Å². The Kier molecular flexibility index (Phi) is 5.31. The minimum absolute atomic E-state index is 0.0464. The molecule has 0 aliphatic heterocycles. The molecule has 1 aromatic rings. The summed E-state index contributed by atoms with van der Waals surface area (Å²) in [5.74, 6) is -2.08. The Labute approximate surface area is 99.0 Å². The Morgan fingerprint density at radius 1 is 1.18 bits per heavy atom. The fraction of sp³-hybridized carbons (Fsp3) is 0.500. The van der Waals surface area contributed by atoms with Crippen molar-refractivity contribution in [3.8, 4) is 5.75 Å². The third-order valence-electron chi connectivity index (χ3n) is 2.02. The number of benzene rings is 1. The topological polar surface area (TPSA) is 38.7 Å². The number of hydrogen-bond acceptors (Lipinski definition) is 3. The smallest absolute Gasteiger partial charge is 0.190 e. The van der Waals surface area contributed by atoms with E-state index in [2.05, 4.69) is 0 Å². The average Bonchev–Trinajstić information content (AvgIpc) is 2.26. The van der Waals surface area contributed by atoms with Crippen molar-refractivity contribution in [3.05, 3.63) is 29.3 Å². The van der Waals surface area contributed by atoms with Gasteiger partial charge in [0.2, 0.25) is 0 Å². The van der Waals surface area contributed by atoms with E-state index in [0.717, 1.165) is 12.1 Å². The van der Waals surface area contributed by atoms with Gasteiger partial charge in [-0.15, -0.1) is 0 Å². The fourth-order valence-electron chi connectivity index (χ4n) is 1.27. The van der Waals surface area contributed by atoms with E-state index in [9.17, 15) is 8.78 Å². The van der Waals surface area contributed by atoms with Gasteiger partial charge in [0.05, 0.1) is 19.3 Å². The first-order valence-corrected chi connectivity index (χ1v) is 5.37. The molecule has 3 nitrogen and oxygen atoms in total. The molecule has 0 aliphatic rings. The Balaban J connectivity index is 2.59. The zero-order valence-corrected chi connectivity index (χ0v) is 9.87. The van der Waals surface area contributed by atoms with Gasteiger partial charge < -0.3 is 14.6 Å². The van der Waals surface area contributed by atoms with E-state index in [1.807, 2.05) is 13.8 Å². The quantitative estimate of drug-likeness (QED) is 0.782. The molecule has 1 N–H and O–H groups in total. The molecule has 0 saturated carbocycles. The molecule has 0 radical (unpaired) electrons. The minimum atomic E-state index is -0.821. The number of hydrogen-bond donors (Lipinski definition) is 1. The molecule has 17 heavy (non-hydrogen) atoms. The molecule has 1 rings (SSSR count). The summed E-state index contributed by atoms with van der Waals surface area (Å²) in [5.41, 5.74) is 0.172. The summed E-state index contributed by atoms with van der Waals surface area (Å²) in [6, 6.07) is 2.09. The summed E-state index contributed by atoms with van der Waals surface area (Å²) in [5, 5.41) is 8.76. The number of aliphatic hydroxyl groups is 1. The summed E-state index contributed by atoms with van der Waals surface area (Å²) in [6.07, 6.45) is 0.0464. The standard InChI is InChI=1S/C12H16F2O3/c1-8(2)16-3-4-17-12-10(13)5-9(7-15)6-11(12)14/h5-6,8,15H,3-4,7H2,1-2H3. The van der Waals surface area contributed by atoms with Gasteiger partial charge in [-0.1, -0.05) is 0 Å². The van der Waals surface area contributed by atoms with Crippen LogP contribution in [0.15, 0.2) is 12.1 Å². The number of halogens is 2. The van der Waals surface area contributed by atoms with E-state index in [1.54, 1.807) is 0 Å². The number of aliphatic hydroxyl groups excluding tert-OH is 1. The molecule has 0 aromatic heterocycles. The molecule has 0 spiro atoms. The monoisotopic (exact) mass is 246 g/mol. The van der Waals surface area contributed by atoms with Crippen LogP contribution in [0.4, 0.5) is 8.78 Å². The van der Waals surface area contributed by atoms with Gasteiger partial charge in [0.15, 0.2) is 17.4 Å². The Morgan fingerprint density at radius 2 is 1.76 bits per heavy atom. The minimum Gasteiger partial charge on any atom is -0.485 e. The maximum atomic E-state index is 13.4. The lowest BCUT2D eigenvalue weighted by molar-refractivity contribution is 0.0534. The predicted molar refractivity (Wildman–Crippen MR) is 58.9 cm³/mol. The van der Waals surface area contributed by atoms with Crippen LogP contribution in [0.5, 0.6) is 5.75 Å². The van der Waals surface area contributed by atoms with E-state index < -0.39 is 24.0 Å². The summed E-state index contributed by atoms with van der Waals surface area (Å²) >= 11 is 0. The highest BCUT2D eigenvalue weighted by Crippen LogP contribution is 2.23. The van der Waals surface area contributed by atoms with E-state index in [-0.39, 0.29) is 24.9 Å². The van der Waals surface area contributed by atoms with E-state index in [1.165, 1.54) is 0 Å². The van der Waals surface area contributed by atoms with Gasteiger partial charge in [-0.2, -0.15) is 0 Å². The Hall–Kier alpha value is -1.20. The zero-order chi connectivity index (χ0) is 12.8. The van der Waals surface area contributed by atoms with Crippen LogP contribution in [-0.4, -0.2) is 24.4 Å². The van der Waals surface area contributed by atoms with Gasteiger partial charge >= 0.3 is 0 Å². The van der Waals surface area contributed by atoms with Crippen molar-refractivity contribution in [2.45, 2.75) is 26.6 Å². The van der Waals surface area contributed by atoms with E-state index in [0.29, 0.717) is 0 Å². The number of ether oxygens (including phenoxy) is 2. The lowest BCUT2D eigenvalue weighted by Crippen LogP contribution is -2.12. The van der Waals surface area contributed by atoms with Crippen LogP contribution in [0.2, 0.25) is 0 Å². The molecule has 0 bridgehead atoms. The molecular formula is C12H16F2O3. The first kappa shape index (κ1) is 13.9. The molecule has 0 saturated heterocycles. The van der Waals surface area contributed by atoms with E-state index >= 15 is 0 Å². The van der Waals surface area contributed by atoms with Crippen molar-refractivity contribution >= 4 is 0 Å². The second-order valence-corrected chi connectivity index (χ2v) is 3.81. The lowest BCUT2D eigenvalue weighted by atomic mass is 10.2. The van der Waals surface area contributed by atoms with Crippen LogP contribution in [0.25, 0.3) is 0 Å². The molecule has 0 fully saturated rings. The molecule has 0 amide bonds. The van der Waals surface area contributed by atoms with Crippen LogP contribution >= 0.6 is 0 Å². The molecule has 0 aliphatic carbocycles. The van der Waals surface area contributed by atoms with Crippen LogP contribution in [0.1, 0.15) is 19.4 Å². The molecular weight excluding hydrogens is 230 g/mol. The van der Waals surface area contributed by atoms with Crippen LogP contribution in [0.3, 0.4) is 0 Å². The fourth-order valence-corrected chi connectivity index (χ4v) is 1.27. The van der Waals surface area contributed by atoms with Crippen LogP contribution in [-0.2, 0) is 11.3 Å². The van der Waals surface area contributed by atoms with Gasteiger partial charge in [0, 0.05) is 0 Å². The first-order chi connectivity index (χ1) is 8.04. The van der Waals surface area contributed by atoms with Crippen molar-refractivity contribution in [2.75, 3.05) is 13.2 Å². The van der Waals surface area contributed by atoms with Crippen LogP contribution < -0.4 is 4.74 Å². The third kappa shape index (κ3) is 4.28. The average molecular weight is 246 g/mol. The lowest BCUT2D eigenvalue weighted by Gasteiger charge is -2.11. The highest BCUT2D eigenvalue weighted by Gasteiger charge is 2.12. The maximum absolute atomic E-state index is 13.4. The van der Waals surface area contributed by atoms with Gasteiger partial charge in [-0.25, -0.2) is 8.78 Å². The molecule has 5 heteroatoms. The largest absolute Gasteiger partial charge is 0.485 e. The van der Waals surface area contributed by atoms with E-state index in [4.69, 9.17) is 14.6 Å². The van der Waals surface area contributed by atoms with Crippen molar-refractivity contribution in [1.29, 1.82) is 0 Å². The van der Waals surface area contributed by atoms with Gasteiger partial charge in [-0.05, 0) is 31.5 Å². The summed E-state index contributed by atoms with van der Waals surface area (Å²) in [6.45, 7) is 3.64. The highest BCUT2D eigenvalue weighted by atomic mass is 19.1. The highest BCUT2D eigenvalue weighted by molar-refractivity contribution is 5.31. The van der Waals surface area contributed by atoms with Crippen molar-refractivity contribution in [2.24, 2.45) is 0 Å². The zero-order valence-electron chi connectivity index (χ0n) is 9.87. The molecule has 0 heterocycles. The Bertz CT molecular complexity index is 344. The Morgan fingerprint density at radius 3 is 2.24 bits per heavy atom. The van der Waals surface area contributed by atoms with Crippen molar-refractivity contribution < 1.29 is 23.4 Å². The molecule has 96 valence electrons. The molecule has 1 aromatic carbocycles. The van der Waals surface area contributed by atoms with Gasteiger partial charge in [-0.3, -0.25) is 0 Å². The molecule has 0 atom stereocenters. The summed E-state index contributed by atoms with van der Waals surface area (Å²) in [7, 11) is 0. The predicted octanol–water partition coefficient (Wildman–Crippen LogP) is 2.26. The molecule has 0 unspecified atom stereocenters. The van der Waals surface area contributed by atoms with Crippen LogP contribution in [0, 0.1) is 11.6 Å². The third-order valence-corrected chi connectivity index (χ3v) is 2.02. The normalized spacial score (nSPS) is 10.9. The summed E-state index contributed by atoms with van der Waals surface area (Å²) < 4.78 is 36.9. The summed E-state index contributed by atoms with van der Waals surface area (Å²) in [4.78, 5) is 0. The first-order valence-electron chi connectivity index (χ1n) is 5.37. The van der Waals surface area contributed by atoms with Crippen molar-refractivity contribution in [3.63, 3.8) is 0 Å². The second kappa shape index (κ2) is 6.51. The van der Waals surface area contributed by atoms with Gasteiger partial charge in [0.25, 0.3) is 0 Å². The number of rotatable bonds is 6. The second-order valence-electron chi connectivity index (χ2n) is 3.81.